The van der Waals surface area contributed by atoms with E-state index >= 15 is 0 Å². The van der Waals surface area contributed by atoms with Crippen LogP contribution in [0.25, 0.3) is 0 Å². The Morgan fingerprint density at radius 3 is 2.62 bits per heavy atom. The summed E-state index contributed by atoms with van der Waals surface area (Å²) in [4.78, 5) is 11.5. The zero-order chi connectivity index (χ0) is 12.4. The van der Waals surface area contributed by atoms with Gasteiger partial charge in [0.15, 0.2) is 0 Å². The molecule has 0 radical (unpaired) electrons. The van der Waals surface area contributed by atoms with Gasteiger partial charge >= 0.3 is 0 Å². The number of aliphatic hydroxyl groups is 1. The van der Waals surface area contributed by atoms with Crippen LogP contribution >= 0.6 is 0 Å². The first-order chi connectivity index (χ1) is 7.58. The van der Waals surface area contributed by atoms with Gasteiger partial charge in [-0.25, -0.2) is 0 Å². The molecule has 1 amide bonds. The largest absolute Gasteiger partial charge is 0.396 e. The van der Waals surface area contributed by atoms with Gasteiger partial charge in [-0.3, -0.25) is 4.79 Å². The normalized spacial score (nSPS) is 14.5. The number of amides is 1. The van der Waals surface area contributed by atoms with E-state index in [-0.39, 0.29) is 24.7 Å². The van der Waals surface area contributed by atoms with Crippen molar-refractivity contribution >= 4 is 5.91 Å². The molecule has 0 aromatic heterocycles. The molecule has 0 aliphatic carbocycles. The Labute approximate surface area is 97.1 Å². The molecular formula is C11H23NO4. The van der Waals surface area contributed by atoms with Crippen molar-refractivity contribution in [3.63, 3.8) is 0 Å². The zero-order valence-corrected chi connectivity index (χ0v) is 10.4. The molecule has 0 aromatic rings. The number of hydrogen-bond acceptors (Lipinski definition) is 4. The number of ether oxygens (including phenoxy) is 2. The SMILES string of the molecule is CCC(C)(CCO)NC(=O)COCCOC. The fourth-order valence-electron chi connectivity index (χ4n) is 1.25. The summed E-state index contributed by atoms with van der Waals surface area (Å²) in [7, 11) is 1.58. The monoisotopic (exact) mass is 233 g/mol. The first kappa shape index (κ1) is 15.3. The van der Waals surface area contributed by atoms with Crippen molar-refractivity contribution in [2.24, 2.45) is 0 Å². The first-order valence-corrected chi connectivity index (χ1v) is 5.56. The van der Waals surface area contributed by atoms with Crippen LogP contribution in [0.15, 0.2) is 0 Å². The van der Waals surface area contributed by atoms with Crippen molar-refractivity contribution < 1.29 is 19.4 Å². The molecule has 0 aliphatic heterocycles. The summed E-state index contributed by atoms with van der Waals surface area (Å²) >= 11 is 0. The van der Waals surface area contributed by atoms with E-state index in [0.29, 0.717) is 19.6 Å². The van der Waals surface area contributed by atoms with Gasteiger partial charge in [-0.2, -0.15) is 0 Å². The van der Waals surface area contributed by atoms with Crippen LogP contribution in [0.5, 0.6) is 0 Å². The number of methoxy groups -OCH3 is 1. The summed E-state index contributed by atoms with van der Waals surface area (Å²) in [5, 5.41) is 11.7. The molecule has 0 rings (SSSR count). The molecule has 1 unspecified atom stereocenters. The third kappa shape index (κ3) is 6.76. The number of carbonyl (C=O) groups is 1. The Hall–Kier alpha value is -0.650. The van der Waals surface area contributed by atoms with Crippen molar-refractivity contribution in [2.75, 3.05) is 33.5 Å². The quantitative estimate of drug-likeness (QED) is 0.563. The van der Waals surface area contributed by atoms with Crippen molar-refractivity contribution in [1.82, 2.24) is 5.32 Å². The maximum absolute atomic E-state index is 11.5. The molecular weight excluding hydrogens is 210 g/mol. The van der Waals surface area contributed by atoms with Gasteiger partial charge in [0.2, 0.25) is 5.91 Å². The third-order valence-corrected chi connectivity index (χ3v) is 2.55. The Bertz CT molecular complexity index is 198. The summed E-state index contributed by atoms with van der Waals surface area (Å²) < 4.78 is 9.90. The Balaban J connectivity index is 3.82. The minimum absolute atomic E-state index is 0.0321. The number of hydrogen-bond donors (Lipinski definition) is 2. The maximum Gasteiger partial charge on any atom is 0.246 e. The highest BCUT2D eigenvalue weighted by Crippen LogP contribution is 2.13. The van der Waals surface area contributed by atoms with E-state index in [1.807, 2.05) is 13.8 Å². The average molecular weight is 233 g/mol. The van der Waals surface area contributed by atoms with E-state index in [1.165, 1.54) is 0 Å². The second-order valence-corrected chi connectivity index (χ2v) is 3.98. The van der Waals surface area contributed by atoms with Gasteiger partial charge in [0.1, 0.15) is 6.61 Å². The molecule has 2 N–H and O–H groups in total. The summed E-state index contributed by atoms with van der Waals surface area (Å²) in [6, 6.07) is 0. The first-order valence-electron chi connectivity index (χ1n) is 5.56. The lowest BCUT2D eigenvalue weighted by Crippen LogP contribution is -2.47. The van der Waals surface area contributed by atoms with Crippen LogP contribution in [0.4, 0.5) is 0 Å². The summed E-state index contributed by atoms with van der Waals surface area (Å²) in [6.45, 7) is 4.87. The number of nitrogens with one attached hydrogen (secondary N) is 1. The molecule has 0 spiro atoms. The Morgan fingerprint density at radius 1 is 1.44 bits per heavy atom. The molecule has 16 heavy (non-hydrogen) atoms. The van der Waals surface area contributed by atoms with Crippen LogP contribution < -0.4 is 5.32 Å². The van der Waals surface area contributed by atoms with E-state index in [2.05, 4.69) is 5.32 Å². The molecule has 0 heterocycles. The van der Waals surface area contributed by atoms with Crippen LogP contribution in [-0.4, -0.2) is 50.1 Å². The average Bonchev–Trinajstić information content (AvgIpc) is 2.25. The third-order valence-electron chi connectivity index (χ3n) is 2.55. The maximum atomic E-state index is 11.5. The number of rotatable bonds is 9. The molecule has 0 aromatic carbocycles. The van der Waals surface area contributed by atoms with Crippen LogP contribution in [-0.2, 0) is 14.3 Å². The second-order valence-electron chi connectivity index (χ2n) is 3.98. The molecule has 5 nitrogen and oxygen atoms in total. The highest BCUT2D eigenvalue weighted by Gasteiger charge is 2.23. The van der Waals surface area contributed by atoms with Crippen molar-refractivity contribution in [3.05, 3.63) is 0 Å². The Morgan fingerprint density at radius 2 is 2.12 bits per heavy atom. The van der Waals surface area contributed by atoms with Gasteiger partial charge < -0.3 is 19.9 Å². The van der Waals surface area contributed by atoms with Crippen molar-refractivity contribution in [3.8, 4) is 0 Å². The summed E-state index contributed by atoms with van der Waals surface area (Å²) in [5.74, 6) is -0.158. The van der Waals surface area contributed by atoms with Crippen molar-refractivity contribution in [2.45, 2.75) is 32.2 Å². The predicted octanol–water partition coefficient (Wildman–Crippen LogP) is 0.317. The summed E-state index contributed by atoms with van der Waals surface area (Å²) in [6.07, 6.45) is 1.32. The topological polar surface area (TPSA) is 67.8 Å². The standard InChI is InChI=1S/C11H23NO4/c1-4-11(2,5-6-13)12-10(14)9-16-8-7-15-3/h13H,4-9H2,1-3H3,(H,12,14). The van der Waals surface area contributed by atoms with Crippen LogP contribution in [0.3, 0.4) is 0 Å². The van der Waals surface area contributed by atoms with Gasteiger partial charge in [-0.15, -0.1) is 0 Å². The second kappa shape index (κ2) is 8.50. The minimum atomic E-state index is -0.351. The lowest BCUT2D eigenvalue weighted by molar-refractivity contribution is -0.128. The molecule has 1 atom stereocenters. The van der Waals surface area contributed by atoms with E-state index in [1.54, 1.807) is 7.11 Å². The highest BCUT2D eigenvalue weighted by molar-refractivity contribution is 5.77. The van der Waals surface area contributed by atoms with Gasteiger partial charge in [0.25, 0.3) is 0 Å². The number of aliphatic hydroxyl groups excluding tert-OH is 1. The van der Waals surface area contributed by atoms with E-state index in [4.69, 9.17) is 14.6 Å². The van der Waals surface area contributed by atoms with Crippen LogP contribution in [0.1, 0.15) is 26.7 Å². The molecule has 5 heteroatoms. The highest BCUT2D eigenvalue weighted by atomic mass is 16.5. The minimum Gasteiger partial charge on any atom is -0.396 e. The summed E-state index contributed by atoms with van der Waals surface area (Å²) in [5.41, 5.74) is -0.351. The zero-order valence-electron chi connectivity index (χ0n) is 10.4. The molecule has 0 aliphatic rings. The predicted molar refractivity (Wildman–Crippen MR) is 61.2 cm³/mol. The molecule has 0 fully saturated rings. The van der Waals surface area contributed by atoms with Gasteiger partial charge in [-0.1, -0.05) is 6.92 Å². The van der Waals surface area contributed by atoms with Gasteiger partial charge in [-0.05, 0) is 19.8 Å². The van der Waals surface area contributed by atoms with Gasteiger partial charge in [0, 0.05) is 19.3 Å². The van der Waals surface area contributed by atoms with Crippen LogP contribution in [0, 0.1) is 0 Å². The van der Waals surface area contributed by atoms with E-state index in [0.717, 1.165) is 6.42 Å². The van der Waals surface area contributed by atoms with Gasteiger partial charge in [0.05, 0.1) is 13.2 Å². The number of carbonyl (C=O) groups excluding carboxylic acids is 1. The van der Waals surface area contributed by atoms with E-state index < -0.39 is 0 Å². The fraction of sp³-hybridized carbons (Fsp3) is 0.909. The molecule has 0 bridgehead atoms. The lowest BCUT2D eigenvalue weighted by atomic mass is 9.95. The lowest BCUT2D eigenvalue weighted by Gasteiger charge is -2.28. The Kier molecular flexibility index (Phi) is 8.15. The van der Waals surface area contributed by atoms with E-state index in [9.17, 15) is 4.79 Å². The molecule has 96 valence electrons. The fourth-order valence-corrected chi connectivity index (χ4v) is 1.25. The van der Waals surface area contributed by atoms with Crippen LogP contribution in [0.2, 0.25) is 0 Å². The van der Waals surface area contributed by atoms with Crippen molar-refractivity contribution in [1.29, 1.82) is 0 Å². The smallest absolute Gasteiger partial charge is 0.246 e. The molecule has 0 saturated carbocycles. The molecule has 0 saturated heterocycles.